The molecule has 0 bridgehead atoms. The molecule has 65 heavy (non-hydrogen) atoms. The molecule has 0 spiro atoms. The molecule has 3 aromatic carbocycles. The maximum Gasteiger partial charge on any atom is 0.403 e. The lowest BCUT2D eigenvalue weighted by atomic mass is 9.78. The van der Waals surface area contributed by atoms with Crippen molar-refractivity contribution in [2.45, 2.75) is 19.3 Å². The van der Waals surface area contributed by atoms with Crippen LogP contribution in [-0.4, -0.2) is 91.1 Å². The number of benzene rings is 3. The zero-order chi connectivity index (χ0) is 47.2. The van der Waals surface area contributed by atoms with Gasteiger partial charge in [0.05, 0.1) is 0 Å². The first-order chi connectivity index (χ1) is 31.1. The molecule has 0 amide bonds. The summed E-state index contributed by atoms with van der Waals surface area (Å²) in [5.74, 6) is 8.82. The monoisotopic (exact) mass is 1190 g/mol. The molecule has 0 aromatic heterocycles. The van der Waals surface area contributed by atoms with Crippen molar-refractivity contribution < 1.29 is 36.8 Å². The van der Waals surface area contributed by atoms with Crippen molar-refractivity contribution in [2.24, 2.45) is 27.1 Å². The highest BCUT2D eigenvalue weighted by atomic mass is 33.1. The molecule has 364 valence electrons. The summed E-state index contributed by atoms with van der Waals surface area (Å²) in [6, 6.07) is 22.0. The van der Waals surface area contributed by atoms with Gasteiger partial charge in [0, 0.05) is 62.6 Å². The Kier molecular flexibility index (Phi) is 23.4. The summed E-state index contributed by atoms with van der Waals surface area (Å²) < 4.78 is 75.4. The van der Waals surface area contributed by atoms with Crippen molar-refractivity contribution in [1.82, 2.24) is 0 Å². The Morgan fingerprint density at radius 2 is 0.785 bits per heavy atom. The van der Waals surface area contributed by atoms with Crippen LogP contribution in [0.2, 0.25) is 0 Å². The molecule has 3 unspecified atom stereocenters. The van der Waals surface area contributed by atoms with E-state index in [1.54, 1.807) is 81.2 Å². The Morgan fingerprint density at radius 3 is 1.20 bits per heavy atom. The fourth-order valence-corrected chi connectivity index (χ4v) is 54.4. The van der Waals surface area contributed by atoms with Crippen LogP contribution < -0.4 is 13.6 Å². The molecular weight excluding hydrogens is 1140 g/mol. The number of thiol groups is 5. The van der Waals surface area contributed by atoms with Gasteiger partial charge in [-0.2, -0.15) is 72.2 Å². The molecule has 0 fully saturated rings. The quantitative estimate of drug-likeness (QED) is 0.0317. The van der Waals surface area contributed by atoms with Crippen LogP contribution in [0.15, 0.2) is 99.9 Å². The number of phenolic OH excluding ortho intramolecular Hbond substituents is 1. The van der Waals surface area contributed by atoms with Crippen LogP contribution in [0, 0.1) is 0 Å². The molecule has 3 atom stereocenters. The van der Waals surface area contributed by atoms with E-state index in [2.05, 4.69) is 77.0 Å². The Morgan fingerprint density at radius 1 is 0.446 bits per heavy atom. The SMILES string of the molecule is COP1(OC)=NP(OC)(Oc2ccc(C(C)(C)c3ccc(O)cc3)cc2)=NP(OC)(Oc2ccc(OP3(SCCS)=NP(SCCS)(SCCS)=NP(SCCS)(SCCS)=N3)cc2)=N1. The van der Waals surface area contributed by atoms with Gasteiger partial charge < -0.3 is 36.8 Å². The van der Waals surface area contributed by atoms with Crippen LogP contribution in [0.3, 0.4) is 0 Å². The molecule has 0 saturated heterocycles. The van der Waals surface area contributed by atoms with E-state index in [1.165, 1.54) is 28.4 Å². The minimum atomic E-state index is -3.65. The number of hydrogen-bond donors (Lipinski definition) is 6. The van der Waals surface area contributed by atoms with E-state index in [1.807, 2.05) is 48.5 Å². The zero-order valence-electron chi connectivity index (χ0n) is 36.4. The van der Waals surface area contributed by atoms with Crippen molar-refractivity contribution in [1.29, 1.82) is 0 Å². The molecular formula is C35H56N6O8P6S10. The van der Waals surface area contributed by atoms with E-state index in [4.69, 9.17) is 58.8 Å². The first-order valence-electron chi connectivity index (χ1n) is 19.5. The third kappa shape index (κ3) is 15.3. The van der Waals surface area contributed by atoms with E-state index in [0.29, 0.717) is 51.8 Å². The van der Waals surface area contributed by atoms with E-state index >= 15 is 0 Å². The summed E-state index contributed by atoms with van der Waals surface area (Å²) in [4.78, 5) is 0. The van der Waals surface area contributed by atoms with E-state index in [0.717, 1.165) is 34.1 Å². The van der Waals surface area contributed by atoms with Gasteiger partial charge in [0.25, 0.3) is 0 Å². The Labute approximate surface area is 432 Å². The summed E-state index contributed by atoms with van der Waals surface area (Å²) >= 11 is 31.6. The van der Waals surface area contributed by atoms with Gasteiger partial charge in [-0.05, 0) is 88.4 Å². The van der Waals surface area contributed by atoms with E-state index < -0.39 is 40.8 Å². The predicted molar refractivity (Wildman–Crippen MR) is 311 cm³/mol. The molecule has 0 radical (unpaired) electrons. The van der Waals surface area contributed by atoms with Crippen LogP contribution in [0.1, 0.15) is 25.0 Å². The average molecular weight is 1200 g/mol. The highest BCUT2D eigenvalue weighted by molar-refractivity contribution is 8.96. The average Bonchev–Trinajstić information content (AvgIpc) is 3.31. The third-order valence-electron chi connectivity index (χ3n) is 8.72. The topological polar surface area (TPSA) is 159 Å². The summed E-state index contributed by atoms with van der Waals surface area (Å²) in [7, 11) is -4.89. The fourth-order valence-electron chi connectivity index (χ4n) is 5.62. The van der Waals surface area contributed by atoms with Gasteiger partial charge in [-0.25, -0.2) is 4.52 Å². The number of aromatic hydroxyl groups is 1. The van der Waals surface area contributed by atoms with Gasteiger partial charge in [0.2, 0.25) is 0 Å². The lowest BCUT2D eigenvalue weighted by molar-refractivity contribution is 0.321. The van der Waals surface area contributed by atoms with Crippen molar-refractivity contribution in [3.05, 3.63) is 83.9 Å². The van der Waals surface area contributed by atoms with Crippen molar-refractivity contribution in [3.8, 4) is 23.0 Å². The summed E-state index contributed by atoms with van der Waals surface area (Å²) in [5, 5.41) is 9.85. The Hall–Kier alpha value is 1.58. The smallest absolute Gasteiger partial charge is 0.403 e. The van der Waals surface area contributed by atoms with Gasteiger partial charge in [-0.3, -0.25) is 0 Å². The molecule has 0 saturated carbocycles. The number of rotatable bonds is 27. The molecule has 14 nitrogen and oxygen atoms in total. The number of nitrogens with zero attached hydrogens (tertiary/aromatic N) is 6. The number of phenols is 1. The lowest BCUT2D eigenvalue weighted by Gasteiger charge is -2.34. The van der Waals surface area contributed by atoms with Gasteiger partial charge in [-0.1, -0.05) is 95.0 Å². The van der Waals surface area contributed by atoms with Crippen LogP contribution >= 0.6 is 161 Å². The fraction of sp³-hybridized carbons (Fsp3) is 0.486. The van der Waals surface area contributed by atoms with Gasteiger partial charge >= 0.3 is 29.6 Å². The highest BCUT2D eigenvalue weighted by Gasteiger charge is 2.44. The van der Waals surface area contributed by atoms with Crippen molar-refractivity contribution >= 4 is 161 Å². The molecule has 2 aliphatic rings. The second kappa shape index (κ2) is 26.5. The maximum absolute atomic E-state index is 9.85. The number of hydrogen-bond acceptors (Lipinski definition) is 24. The first-order valence-corrected chi connectivity index (χ1v) is 40.3. The summed E-state index contributed by atoms with van der Waals surface area (Å²) in [6.45, 7) is 1.27. The van der Waals surface area contributed by atoms with Gasteiger partial charge in [0.15, 0.2) is 11.2 Å². The minimum Gasteiger partial charge on any atom is -0.508 e. The third-order valence-corrected chi connectivity index (χ3v) is 47.4. The molecule has 0 aliphatic carbocycles. The lowest BCUT2D eigenvalue weighted by Crippen LogP contribution is -2.18. The van der Waals surface area contributed by atoms with Crippen LogP contribution in [0.5, 0.6) is 23.0 Å². The normalized spacial score (nSPS) is 23.1. The Balaban J connectivity index is 1.54. The van der Waals surface area contributed by atoms with Crippen LogP contribution in [-0.2, 0) is 23.5 Å². The van der Waals surface area contributed by atoms with Crippen LogP contribution in [0.25, 0.3) is 0 Å². The van der Waals surface area contributed by atoms with E-state index in [9.17, 15) is 5.11 Å². The molecule has 5 rings (SSSR count). The zero-order valence-corrected chi connectivity index (χ0v) is 50.4. The van der Waals surface area contributed by atoms with Gasteiger partial charge in [0.1, 0.15) is 23.0 Å². The summed E-state index contributed by atoms with van der Waals surface area (Å²) in [6.07, 6.45) is 0. The van der Waals surface area contributed by atoms with Crippen LogP contribution in [0.4, 0.5) is 0 Å². The van der Waals surface area contributed by atoms with E-state index in [-0.39, 0.29) is 11.2 Å². The largest absolute Gasteiger partial charge is 0.508 e. The van der Waals surface area contributed by atoms with Crippen molar-refractivity contribution in [3.63, 3.8) is 0 Å². The van der Waals surface area contributed by atoms with Gasteiger partial charge in [-0.15, -0.1) is 13.5 Å². The second-order valence-electron chi connectivity index (χ2n) is 13.4. The predicted octanol–water partition coefficient (Wildman–Crippen LogP) is 17.2. The molecule has 2 aliphatic heterocycles. The molecule has 2 heterocycles. The standard InChI is InChI=1S/C35H56N6O8P6S10/c1-35(2,29-7-11-31(42)12-8-29)30-9-13-32(14-10-30)47-51(45-5)36-50(43-3,44-4)37-52(38-51,46-6)48-33-15-17-34(18-16-33)49-53(61-24-19-56)39-54(62-25-20-57,63-26-21-58)41-55(40-53,64-27-22-59)65-28-23-60/h7-18,42,56-60H,19-28H2,1-6H3. The minimum absolute atomic E-state index is 0.210. The molecule has 30 heteroatoms. The maximum atomic E-state index is 9.85. The van der Waals surface area contributed by atoms with Crippen molar-refractivity contribution in [2.75, 3.05) is 86.0 Å². The highest BCUT2D eigenvalue weighted by Crippen LogP contribution is 2.94. The first kappa shape index (κ1) is 57.5. The Bertz CT molecular complexity index is 2360. The summed E-state index contributed by atoms with van der Waals surface area (Å²) in [5.41, 5.74) is -3.20. The molecule has 3 aromatic rings. The molecule has 1 N–H and O–H groups in total. The second-order valence-corrected chi connectivity index (χ2v) is 44.0.